The van der Waals surface area contributed by atoms with Gasteiger partial charge in [0.25, 0.3) is 0 Å². The van der Waals surface area contributed by atoms with Crippen LogP contribution in [0.2, 0.25) is 0 Å². The second-order valence-corrected chi connectivity index (χ2v) is 5.34. The average molecular weight is 262 g/mol. The highest BCUT2D eigenvalue weighted by atomic mass is 16.5. The van der Waals surface area contributed by atoms with Gasteiger partial charge in [-0.2, -0.15) is 0 Å². The summed E-state index contributed by atoms with van der Waals surface area (Å²) < 4.78 is 4.91. The first-order chi connectivity index (χ1) is 8.92. The van der Waals surface area contributed by atoms with Gasteiger partial charge in [-0.15, -0.1) is 0 Å². The Bertz CT molecular complexity index is 450. The summed E-state index contributed by atoms with van der Waals surface area (Å²) in [5, 5.41) is 0. The molecule has 0 fully saturated rings. The molecule has 0 unspecified atom stereocenters. The molecule has 0 saturated carbocycles. The summed E-state index contributed by atoms with van der Waals surface area (Å²) in [7, 11) is 1.59. The minimum atomic E-state index is -0.634. The summed E-state index contributed by atoms with van der Waals surface area (Å²) in [5.74, 6) is 6.05. The summed E-state index contributed by atoms with van der Waals surface area (Å²) in [4.78, 5) is 23.6. The number of hydrogen-bond acceptors (Lipinski definition) is 3. The van der Waals surface area contributed by atoms with Crippen LogP contribution in [0, 0.1) is 23.2 Å². The molecule has 0 N–H and O–H groups in total. The van der Waals surface area contributed by atoms with Crippen LogP contribution in [-0.4, -0.2) is 25.3 Å². The van der Waals surface area contributed by atoms with Gasteiger partial charge in [-0.25, -0.2) is 0 Å². The van der Waals surface area contributed by atoms with Crippen molar-refractivity contribution in [3.63, 3.8) is 0 Å². The van der Waals surface area contributed by atoms with Gasteiger partial charge in [0.2, 0.25) is 0 Å². The SMILES string of the molecule is COCC#CC1=CCC[C@@H](C)[C@@]1(C)C(=O)CC(C)=O. The molecule has 0 saturated heterocycles. The number of carbonyl (C=O) groups excluding carboxylic acids is 2. The first-order valence-electron chi connectivity index (χ1n) is 6.64. The number of Topliss-reactive ketones (excluding diaryl/α,β-unsaturated/α-hetero) is 2. The van der Waals surface area contributed by atoms with Crippen LogP contribution in [0.4, 0.5) is 0 Å². The molecule has 0 spiro atoms. The lowest BCUT2D eigenvalue weighted by atomic mass is 9.64. The molecule has 2 atom stereocenters. The first-order valence-corrected chi connectivity index (χ1v) is 6.64. The minimum Gasteiger partial charge on any atom is -0.372 e. The predicted octanol–water partition coefficient (Wildman–Crippen LogP) is 2.55. The van der Waals surface area contributed by atoms with Crippen molar-refractivity contribution >= 4 is 11.6 Å². The smallest absolute Gasteiger partial charge is 0.151 e. The third kappa shape index (κ3) is 3.54. The summed E-state index contributed by atoms with van der Waals surface area (Å²) in [6.07, 6.45) is 3.90. The Morgan fingerprint density at radius 2 is 2.21 bits per heavy atom. The van der Waals surface area contributed by atoms with E-state index in [2.05, 4.69) is 18.8 Å². The lowest BCUT2D eigenvalue weighted by Crippen LogP contribution is -2.39. The Kier molecular flexibility index (Phi) is 5.50. The van der Waals surface area contributed by atoms with Gasteiger partial charge in [-0.05, 0) is 32.6 Å². The molecule has 1 rings (SSSR count). The van der Waals surface area contributed by atoms with Gasteiger partial charge < -0.3 is 4.74 Å². The molecule has 1 aliphatic rings. The number of hydrogen-bond donors (Lipinski definition) is 0. The fraction of sp³-hybridized carbons (Fsp3) is 0.625. The van der Waals surface area contributed by atoms with Gasteiger partial charge in [0.1, 0.15) is 12.4 Å². The van der Waals surface area contributed by atoms with Crippen molar-refractivity contribution in [1.29, 1.82) is 0 Å². The molecular weight excluding hydrogens is 240 g/mol. The Hall–Kier alpha value is -1.40. The Morgan fingerprint density at radius 3 is 2.79 bits per heavy atom. The standard InChI is InChI=1S/C16H22O3/c1-12-7-5-8-14(9-6-10-19-4)16(12,3)15(18)11-13(2)17/h8,12H,5,7,10-11H2,1-4H3/t12-,16-/m1/s1. The Morgan fingerprint density at radius 1 is 1.53 bits per heavy atom. The van der Waals surface area contributed by atoms with E-state index >= 15 is 0 Å². The summed E-state index contributed by atoms with van der Waals surface area (Å²) in [5.41, 5.74) is 0.208. The van der Waals surface area contributed by atoms with E-state index in [0.29, 0.717) is 6.61 Å². The third-order valence-corrected chi connectivity index (χ3v) is 3.92. The molecule has 104 valence electrons. The first kappa shape index (κ1) is 15.7. The lowest BCUT2D eigenvalue weighted by Gasteiger charge is -2.37. The van der Waals surface area contributed by atoms with Crippen molar-refractivity contribution in [3.8, 4) is 11.8 Å². The van der Waals surface area contributed by atoms with Crippen molar-refractivity contribution < 1.29 is 14.3 Å². The van der Waals surface area contributed by atoms with Crippen LogP contribution in [0.5, 0.6) is 0 Å². The van der Waals surface area contributed by atoms with Crippen LogP contribution in [0.15, 0.2) is 11.6 Å². The highest BCUT2D eigenvalue weighted by Crippen LogP contribution is 2.43. The van der Waals surface area contributed by atoms with E-state index in [1.54, 1.807) is 7.11 Å². The zero-order chi connectivity index (χ0) is 14.5. The topological polar surface area (TPSA) is 43.4 Å². The number of ketones is 2. The summed E-state index contributed by atoms with van der Waals surface area (Å²) >= 11 is 0. The lowest BCUT2D eigenvalue weighted by molar-refractivity contribution is -0.132. The molecule has 19 heavy (non-hydrogen) atoms. The van der Waals surface area contributed by atoms with E-state index in [1.165, 1.54) is 6.92 Å². The normalized spacial score (nSPS) is 26.1. The Balaban J connectivity index is 3.06. The molecular formula is C16H22O3. The van der Waals surface area contributed by atoms with E-state index in [0.717, 1.165) is 18.4 Å². The summed E-state index contributed by atoms with van der Waals surface area (Å²) in [6, 6.07) is 0. The molecule has 0 aromatic heterocycles. The maximum atomic E-state index is 12.4. The fourth-order valence-corrected chi connectivity index (χ4v) is 2.46. The second-order valence-electron chi connectivity index (χ2n) is 5.34. The van der Waals surface area contributed by atoms with Crippen molar-refractivity contribution in [2.45, 2.75) is 40.0 Å². The molecule has 0 radical (unpaired) electrons. The van der Waals surface area contributed by atoms with Crippen molar-refractivity contribution in [3.05, 3.63) is 11.6 Å². The van der Waals surface area contributed by atoms with Gasteiger partial charge in [0.15, 0.2) is 5.78 Å². The minimum absolute atomic E-state index is 0.00978. The number of rotatable bonds is 4. The monoisotopic (exact) mass is 262 g/mol. The quantitative estimate of drug-likeness (QED) is 0.577. The van der Waals surface area contributed by atoms with Gasteiger partial charge in [-0.1, -0.05) is 24.8 Å². The van der Waals surface area contributed by atoms with E-state index in [-0.39, 0.29) is 23.9 Å². The summed E-state index contributed by atoms with van der Waals surface area (Å²) in [6.45, 7) is 5.77. The molecule has 0 heterocycles. The van der Waals surface area contributed by atoms with Gasteiger partial charge in [-0.3, -0.25) is 9.59 Å². The zero-order valence-corrected chi connectivity index (χ0v) is 12.2. The van der Waals surface area contributed by atoms with E-state index in [1.807, 2.05) is 13.0 Å². The molecule has 0 aromatic carbocycles. The second kappa shape index (κ2) is 6.68. The zero-order valence-electron chi connectivity index (χ0n) is 12.2. The van der Waals surface area contributed by atoms with E-state index in [4.69, 9.17) is 4.74 Å². The number of methoxy groups -OCH3 is 1. The molecule has 0 aromatic rings. The van der Waals surface area contributed by atoms with E-state index in [9.17, 15) is 9.59 Å². The number of ether oxygens (including phenoxy) is 1. The number of allylic oxidation sites excluding steroid dienone is 2. The van der Waals surface area contributed by atoms with Crippen LogP contribution < -0.4 is 0 Å². The molecule has 0 bridgehead atoms. The molecule has 0 amide bonds. The highest BCUT2D eigenvalue weighted by molar-refractivity contribution is 6.02. The van der Waals surface area contributed by atoms with Crippen LogP contribution >= 0.6 is 0 Å². The van der Waals surface area contributed by atoms with Gasteiger partial charge >= 0.3 is 0 Å². The van der Waals surface area contributed by atoms with Crippen LogP contribution in [0.1, 0.15) is 40.0 Å². The maximum absolute atomic E-state index is 12.4. The van der Waals surface area contributed by atoms with Crippen molar-refractivity contribution in [2.75, 3.05) is 13.7 Å². The number of carbonyl (C=O) groups is 2. The largest absolute Gasteiger partial charge is 0.372 e. The molecule has 0 aliphatic heterocycles. The van der Waals surface area contributed by atoms with Crippen LogP contribution in [0.3, 0.4) is 0 Å². The van der Waals surface area contributed by atoms with Gasteiger partial charge in [0, 0.05) is 12.7 Å². The van der Waals surface area contributed by atoms with E-state index < -0.39 is 5.41 Å². The fourth-order valence-electron chi connectivity index (χ4n) is 2.46. The predicted molar refractivity (Wildman–Crippen MR) is 74.5 cm³/mol. The Labute approximate surface area is 115 Å². The molecule has 3 nitrogen and oxygen atoms in total. The molecule has 3 heteroatoms. The average Bonchev–Trinajstić information content (AvgIpc) is 2.34. The van der Waals surface area contributed by atoms with Gasteiger partial charge in [0.05, 0.1) is 11.8 Å². The van der Waals surface area contributed by atoms with Crippen LogP contribution in [0.25, 0.3) is 0 Å². The van der Waals surface area contributed by atoms with Crippen molar-refractivity contribution in [1.82, 2.24) is 0 Å². The molecule has 1 aliphatic carbocycles. The van der Waals surface area contributed by atoms with Crippen molar-refractivity contribution in [2.24, 2.45) is 11.3 Å². The third-order valence-electron chi connectivity index (χ3n) is 3.92. The maximum Gasteiger partial charge on any atom is 0.151 e. The highest BCUT2D eigenvalue weighted by Gasteiger charge is 2.42. The van der Waals surface area contributed by atoms with Crippen LogP contribution in [-0.2, 0) is 14.3 Å².